The van der Waals surface area contributed by atoms with Gasteiger partial charge in [-0.1, -0.05) is 6.07 Å². The highest BCUT2D eigenvalue weighted by atomic mass is 35.5. The molecular weight excluding hydrogens is 297 g/mol. The molecule has 0 bridgehead atoms. The van der Waals surface area contributed by atoms with Gasteiger partial charge in [0.15, 0.2) is 0 Å². The topological polar surface area (TPSA) is 50.4 Å². The average Bonchev–Trinajstić information content (AvgIpc) is 2.39. The van der Waals surface area contributed by atoms with E-state index < -0.39 is 23.7 Å². The van der Waals surface area contributed by atoms with Crippen LogP contribution < -0.4 is 10.6 Å². The van der Waals surface area contributed by atoms with Gasteiger partial charge in [0.05, 0.1) is 18.8 Å². The van der Waals surface area contributed by atoms with E-state index in [2.05, 4.69) is 10.6 Å². The fourth-order valence-electron chi connectivity index (χ4n) is 1.74. The first-order valence-electron chi connectivity index (χ1n) is 5.76. The van der Waals surface area contributed by atoms with Gasteiger partial charge in [-0.3, -0.25) is 4.79 Å². The summed E-state index contributed by atoms with van der Waals surface area (Å²) in [5, 5.41) is 5.37. The van der Waals surface area contributed by atoms with Gasteiger partial charge in [0.1, 0.15) is 6.04 Å². The van der Waals surface area contributed by atoms with E-state index in [0.29, 0.717) is 13.2 Å². The van der Waals surface area contributed by atoms with Crippen LogP contribution in [0.4, 0.5) is 18.9 Å². The number of amides is 1. The molecule has 1 unspecified atom stereocenters. The molecule has 1 saturated heterocycles. The first-order valence-corrected chi connectivity index (χ1v) is 5.76. The zero-order valence-corrected chi connectivity index (χ0v) is 11.2. The summed E-state index contributed by atoms with van der Waals surface area (Å²) < 4.78 is 42.7. The monoisotopic (exact) mass is 310 g/mol. The number of anilines is 1. The molecule has 1 aliphatic rings. The van der Waals surface area contributed by atoms with Gasteiger partial charge in [-0.25, -0.2) is 0 Å². The van der Waals surface area contributed by atoms with Crippen LogP contribution in [0.3, 0.4) is 0 Å². The molecule has 2 rings (SSSR count). The van der Waals surface area contributed by atoms with Crippen molar-refractivity contribution in [1.29, 1.82) is 0 Å². The lowest BCUT2D eigenvalue weighted by atomic mass is 10.2. The van der Waals surface area contributed by atoms with Crippen LogP contribution >= 0.6 is 12.4 Å². The van der Waals surface area contributed by atoms with Gasteiger partial charge in [0.2, 0.25) is 5.91 Å². The standard InChI is InChI=1S/C12H13F3N2O2.ClH/c13-12(14,15)8-2-1-3-9(6-8)17-11(18)10-7-19-5-4-16-10;/h1-3,6,10,16H,4-5,7H2,(H,17,18);1H. The van der Waals surface area contributed by atoms with Crippen LogP contribution in [0.15, 0.2) is 24.3 Å². The minimum absolute atomic E-state index is 0. The van der Waals surface area contributed by atoms with E-state index >= 15 is 0 Å². The zero-order valence-electron chi connectivity index (χ0n) is 10.4. The molecule has 4 nitrogen and oxygen atoms in total. The minimum Gasteiger partial charge on any atom is -0.378 e. The number of ether oxygens (including phenoxy) is 1. The molecular formula is C12H14ClF3N2O2. The summed E-state index contributed by atoms with van der Waals surface area (Å²) in [7, 11) is 0. The second-order valence-corrected chi connectivity index (χ2v) is 4.15. The van der Waals surface area contributed by atoms with E-state index in [9.17, 15) is 18.0 Å². The van der Waals surface area contributed by atoms with Crippen molar-refractivity contribution in [3.8, 4) is 0 Å². The molecule has 0 spiro atoms. The molecule has 1 amide bonds. The summed E-state index contributed by atoms with van der Waals surface area (Å²) in [5.74, 6) is -0.404. The number of hydrogen-bond donors (Lipinski definition) is 2. The van der Waals surface area contributed by atoms with Crippen molar-refractivity contribution < 1.29 is 22.7 Å². The lowest BCUT2D eigenvalue weighted by Crippen LogP contribution is -2.48. The first kappa shape index (κ1) is 16.7. The predicted octanol–water partition coefficient (Wildman–Crippen LogP) is 2.05. The number of hydrogen-bond acceptors (Lipinski definition) is 3. The molecule has 1 heterocycles. The number of carbonyl (C=O) groups excluding carboxylic acids is 1. The molecule has 0 saturated carbocycles. The summed E-state index contributed by atoms with van der Waals surface area (Å²) in [6.07, 6.45) is -4.42. The Labute approximate surface area is 120 Å². The van der Waals surface area contributed by atoms with Crippen LogP contribution in [0.25, 0.3) is 0 Å². The molecule has 1 fully saturated rings. The van der Waals surface area contributed by atoms with Crippen molar-refractivity contribution in [3.63, 3.8) is 0 Å². The van der Waals surface area contributed by atoms with E-state index in [1.807, 2.05) is 0 Å². The summed E-state index contributed by atoms with van der Waals surface area (Å²) in [4.78, 5) is 11.8. The lowest BCUT2D eigenvalue weighted by molar-refractivity contribution is -0.137. The van der Waals surface area contributed by atoms with Crippen molar-refractivity contribution in [1.82, 2.24) is 5.32 Å². The zero-order chi connectivity index (χ0) is 13.9. The van der Waals surface area contributed by atoms with Gasteiger partial charge in [-0.15, -0.1) is 12.4 Å². The van der Waals surface area contributed by atoms with Gasteiger partial charge in [-0.05, 0) is 18.2 Å². The van der Waals surface area contributed by atoms with Crippen LogP contribution in [0, 0.1) is 0 Å². The second-order valence-electron chi connectivity index (χ2n) is 4.15. The van der Waals surface area contributed by atoms with Gasteiger partial charge in [-0.2, -0.15) is 13.2 Å². The lowest BCUT2D eigenvalue weighted by Gasteiger charge is -2.23. The van der Waals surface area contributed by atoms with E-state index in [0.717, 1.165) is 12.1 Å². The van der Waals surface area contributed by atoms with Crippen LogP contribution in [0.5, 0.6) is 0 Å². The predicted molar refractivity (Wildman–Crippen MR) is 69.9 cm³/mol. The molecule has 1 aliphatic heterocycles. The maximum absolute atomic E-state index is 12.5. The number of halogens is 4. The summed E-state index contributed by atoms with van der Waals surface area (Å²) in [6.45, 7) is 1.28. The Morgan fingerprint density at radius 3 is 2.75 bits per heavy atom. The fourth-order valence-corrected chi connectivity index (χ4v) is 1.74. The van der Waals surface area contributed by atoms with Gasteiger partial charge < -0.3 is 15.4 Å². The van der Waals surface area contributed by atoms with Crippen molar-refractivity contribution in [2.75, 3.05) is 25.1 Å². The van der Waals surface area contributed by atoms with Crippen molar-refractivity contribution >= 4 is 24.0 Å². The van der Waals surface area contributed by atoms with Crippen molar-refractivity contribution in [3.05, 3.63) is 29.8 Å². The normalized spacial score (nSPS) is 19.1. The molecule has 20 heavy (non-hydrogen) atoms. The highest BCUT2D eigenvalue weighted by Crippen LogP contribution is 2.30. The van der Waals surface area contributed by atoms with Crippen LogP contribution in [-0.4, -0.2) is 31.7 Å². The summed E-state index contributed by atoms with van der Waals surface area (Å²) in [5.41, 5.74) is -0.676. The third-order valence-corrected chi connectivity index (χ3v) is 2.70. The molecule has 8 heteroatoms. The minimum atomic E-state index is -4.42. The molecule has 0 aromatic heterocycles. The van der Waals surface area contributed by atoms with E-state index in [4.69, 9.17) is 4.74 Å². The molecule has 0 radical (unpaired) electrons. The van der Waals surface area contributed by atoms with E-state index in [1.54, 1.807) is 0 Å². The summed E-state index contributed by atoms with van der Waals surface area (Å²) in [6, 6.07) is 3.99. The number of carbonyl (C=O) groups is 1. The Morgan fingerprint density at radius 2 is 2.15 bits per heavy atom. The van der Waals surface area contributed by atoms with Crippen LogP contribution in [-0.2, 0) is 15.7 Å². The molecule has 1 aromatic carbocycles. The number of alkyl halides is 3. The van der Waals surface area contributed by atoms with Crippen molar-refractivity contribution in [2.45, 2.75) is 12.2 Å². The van der Waals surface area contributed by atoms with Crippen molar-refractivity contribution in [2.24, 2.45) is 0 Å². The Morgan fingerprint density at radius 1 is 1.40 bits per heavy atom. The number of nitrogens with one attached hydrogen (secondary N) is 2. The van der Waals surface area contributed by atoms with E-state index in [1.165, 1.54) is 12.1 Å². The Balaban J connectivity index is 0.00000200. The molecule has 2 N–H and O–H groups in total. The largest absolute Gasteiger partial charge is 0.416 e. The van der Waals surface area contributed by atoms with Gasteiger partial charge in [0.25, 0.3) is 0 Å². The third-order valence-electron chi connectivity index (χ3n) is 2.70. The fraction of sp³-hybridized carbons (Fsp3) is 0.417. The molecule has 112 valence electrons. The molecule has 1 aromatic rings. The molecule has 0 aliphatic carbocycles. The Hall–Kier alpha value is -1.31. The third kappa shape index (κ3) is 4.36. The average molecular weight is 311 g/mol. The Bertz CT molecular complexity index is 462. The highest BCUT2D eigenvalue weighted by Gasteiger charge is 2.30. The van der Waals surface area contributed by atoms with E-state index in [-0.39, 0.29) is 24.7 Å². The Kier molecular flexibility index (Phi) is 5.79. The van der Waals surface area contributed by atoms with Crippen LogP contribution in [0.2, 0.25) is 0 Å². The number of rotatable bonds is 2. The summed E-state index contributed by atoms with van der Waals surface area (Å²) >= 11 is 0. The SMILES string of the molecule is Cl.O=C(Nc1cccc(C(F)(F)F)c1)C1COCCN1. The van der Waals surface area contributed by atoms with Gasteiger partial charge >= 0.3 is 6.18 Å². The number of morpholine rings is 1. The second kappa shape index (κ2) is 6.92. The van der Waals surface area contributed by atoms with Crippen LogP contribution in [0.1, 0.15) is 5.56 Å². The quantitative estimate of drug-likeness (QED) is 0.879. The maximum Gasteiger partial charge on any atom is 0.416 e. The van der Waals surface area contributed by atoms with Gasteiger partial charge in [0, 0.05) is 12.2 Å². The number of benzene rings is 1. The smallest absolute Gasteiger partial charge is 0.378 e. The maximum atomic E-state index is 12.5. The first-order chi connectivity index (χ1) is 8.97. The molecule has 1 atom stereocenters. The highest BCUT2D eigenvalue weighted by molar-refractivity contribution is 5.95.